The molecule has 1 fully saturated rings. The second-order valence-corrected chi connectivity index (χ2v) is 7.05. The Morgan fingerprint density at radius 1 is 1.03 bits per heavy atom. The van der Waals surface area contributed by atoms with E-state index in [2.05, 4.69) is 15.0 Å². The summed E-state index contributed by atoms with van der Waals surface area (Å²) in [6, 6.07) is 7.90. The van der Waals surface area contributed by atoms with Crippen molar-refractivity contribution < 1.29 is 31.4 Å². The lowest BCUT2D eigenvalue weighted by Crippen LogP contribution is -2.46. The molecule has 158 valence electrons. The maximum atomic E-state index is 14.2. The summed E-state index contributed by atoms with van der Waals surface area (Å²) >= 11 is 0. The zero-order valence-corrected chi connectivity index (χ0v) is 15.5. The number of fused-ring (bicyclic) bond motifs is 1. The largest absolute Gasteiger partial charge is 0.573 e. The van der Waals surface area contributed by atoms with Gasteiger partial charge in [0.2, 0.25) is 0 Å². The summed E-state index contributed by atoms with van der Waals surface area (Å²) in [6.07, 6.45) is -0.782. The van der Waals surface area contributed by atoms with Crippen LogP contribution in [-0.2, 0) is 6.54 Å². The van der Waals surface area contributed by atoms with Gasteiger partial charge < -0.3 is 14.8 Å². The van der Waals surface area contributed by atoms with Crippen LogP contribution in [0.4, 0.5) is 22.0 Å². The third-order valence-corrected chi connectivity index (χ3v) is 4.97. The SMILES string of the molecule is Fc1ccc(OC2CC(NCc3c(F)ccc4cnccc34)C2)cc1OC(F)(F)F. The first kappa shape index (κ1) is 20.3. The Morgan fingerprint density at radius 3 is 2.57 bits per heavy atom. The molecule has 1 heterocycles. The molecule has 0 atom stereocenters. The summed E-state index contributed by atoms with van der Waals surface area (Å²) in [4.78, 5) is 4.03. The van der Waals surface area contributed by atoms with Crippen LogP contribution >= 0.6 is 0 Å². The maximum Gasteiger partial charge on any atom is 0.573 e. The summed E-state index contributed by atoms with van der Waals surface area (Å²) in [7, 11) is 0. The van der Waals surface area contributed by atoms with Crippen LogP contribution in [0.3, 0.4) is 0 Å². The van der Waals surface area contributed by atoms with Crippen LogP contribution in [-0.4, -0.2) is 23.5 Å². The molecule has 2 aromatic carbocycles. The van der Waals surface area contributed by atoms with Crippen molar-refractivity contribution >= 4 is 10.8 Å². The number of hydrogen-bond acceptors (Lipinski definition) is 4. The lowest BCUT2D eigenvalue weighted by molar-refractivity contribution is -0.275. The van der Waals surface area contributed by atoms with E-state index in [1.54, 1.807) is 24.5 Å². The van der Waals surface area contributed by atoms with Crippen molar-refractivity contribution in [3.05, 3.63) is 66.0 Å². The van der Waals surface area contributed by atoms with Gasteiger partial charge in [-0.05, 0) is 48.6 Å². The molecular formula is C21H17F5N2O2. The molecule has 1 aromatic heterocycles. The lowest BCUT2D eigenvalue weighted by atomic mass is 9.89. The molecule has 4 rings (SSSR count). The number of halogens is 5. The maximum absolute atomic E-state index is 14.2. The predicted molar refractivity (Wildman–Crippen MR) is 99.1 cm³/mol. The monoisotopic (exact) mass is 424 g/mol. The van der Waals surface area contributed by atoms with Gasteiger partial charge in [-0.25, -0.2) is 8.78 Å². The van der Waals surface area contributed by atoms with Crippen molar-refractivity contribution in [1.29, 1.82) is 0 Å². The minimum absolute atomic E-state index is 0.0674. The van der Waals surface area contributed by atoms with Gasteiger partial charge in [0.05, 0.1) is 0 Å². The van der Waals surface area contributed by atoms with Crippen molar-refractivity contribution in [2.75, 3.05) is 0 Å². The normalized spacial score (nSPS) is 18.8. The zero-order valence-electron chi connectivity index (χ0n) is 15.5. The summed E-state index contributed by atoms with van der Waals surface area (Å²) in [5, 5.41) is 4.89. The van der Waals surface area contributed by atoms with E-state index >= 15 is 0 Å². The van der Waals surface area contributed by atoms with Crippen molar-refractivity contribution in [2.24, 2.45) is 0 Å². The Hall–Kier alpha value is -2.94. The van der Waals surface area contributed by atoms with E-state index in [1.807, 2.05) is 0 Å². The van der Waals surface area contributed by atoms with Crippen molar-refractivity contribution in [3.63, 3.8) is 0 Å². The number of aromatic nitrogens is 1. The van der Waals surface area contributed by atoms with Gasteiger partial charge in [0, 0.05) is 42.0 Å². The van der Waals surface area contributed by atoms with Crippen molar-refractivity contribution in [1.82, 2.24) is 10.3 Å². The van der Waals surface area contributed by atoms with Gasteiger partial charge in [-0.15, -0.1) is 13.2 Å². The first-order valence-electron chi connectivity index (χ1n) is 9.25. The Morgan fingerprint density at radius 2 is 1.80 bits per heavy atom. The molecule has 0 radical (unpaired) electrons. The second kappa shape index (κ2) is 8.06. The topological polar surface area (TPSA) is 43.4 Å². The van der Waals surface area contributed by atoms with E-state index in [1.165, 1.54) is 12.1 Å². The highest BCUT2D eigenvalue weighted by Gasteiger charge is 2.34. The van der Waals surface area contributed by atoms with Crippen molar-refractivity contribution in [3.8, 4) is 11.5 Å². The molecule has 0 bridgehead atoms. The summed E-state index contributed by atoms with van der Waals surface area (Å²) in [5.41, 5.74) is 0.548. The number of benzene rings is 2. The highest BCUT2D eigenvalue weighted by atomic mass is 19.4. The van der Waals surface area contributed by atoms with Crippen LogP contribution < -0.4 is 14.8 Å². The Balaban J connectivity index is 1.32. The fourth-order valence-corrected chi connectivity index (χ4v) is 3.41. The lowest BCUT2D eigenvalue weighted by Gasteiger charge is -2.36. The van der Waals surface area contributed by atoms with Gasteiger partial charge in [-0.3, -0.25) is 4.98 Å². The van der Waals surface area contributed by atoms with Crippen LogP contribution in [0, 0.1) is 11.6 Å². The average molecular weight is 424 g/mol. The molecule has 4 nitrogen and oxygen atoms in total. The molecule has 30 heavy (non-hydrogen) atoms. The van der Waals surface area contributed by atoms with Crippen molar-refractivity contribution in [2.45, 2.75) is 37.9 Å². The number of rotatable bonds is 6. The van der Waals surface area contributed by atoms with Gasteiger partial charge in [-0.1, -0.05) is 0 Å². The summed E-state index contributed by atoms with van der Waals surface area (Å²) in [5.74, 6) is -2.28. The Labute approximate surface area is 168 Å². The van der Waals surface area contributed by atoms with E-state index in [0.29, 0.717) is 24.9 Å². The van der Waals surface area contributed by atoms with E-state index in [4.69, 9.17) is 4.74 Å². The number of nitrogens with zero attached hydrogens (tertiary/aromatic N) is 1. The second-order valence-electron chi connectivity index (χ2n) is 7.05. The quantitative estimate of drug-likeness (QED) is 0.559. The van der Waals surface area contributed by atoms with Crippen LogP contribution in [0.15, 0.2) is 48.8 Å². The Bertz CT molecular complexity index is 1050. The third kappa shape index (κ3) is 4.62. The molecular weight excluding hydrogens is 407 g/mol. The van der Waals surface area contributed by atoms with E-state index < -0.39 is 17.9 Å². The van der Waals surface area contributed by atoms with Gasteiger partial charge in [0.15, 0.2) is 11.6 Å². The molecule has 1 saturated carbocycles. The standard InChI is InChI=1S/C21H17F5N2O2/c22-18-3-1-12-10-27-6-5-16(12)17(18)11-28-13-7-15(8-13)29-14-2-4-19(23)20(9-14)30-21(24,25)26/h1-6,9-10,13,15,28H,7-8,11H2. The van der Waals surface area contributed by atoms with Gasteiger partial charge in [0.25, 0.3) is 0 Å². The van der Waals surface area contributed by atoms with Gasteiger partial charge in [-0.2, -0.15) is 0 Å². The number of hydrogen-bond donors (Lipinski definition) is 1. The van der Waals surface area contributed by atoms with Crippen LogP contribution in [0.1, 0.15) is 18.4 Å². The highest BCUT2D eigenvalue weighted by Crippen LogP contribution is 2.32. The fraction of sp³-hybridized carbons (Fsp3) is 0.286. The molecule has 1 N–H and O–H groups in total. The summed E-state index contributed by atoms with van der Waals surface area (Å²) < 4.78 is 73.9. The molecule has 1 aliphatic carbocycles. The number of alkyl halides is 3. The van der Waals surface area contributed by atoms with E-state index in [9.17, 15) is 22.0 Å². The Kier molecular flexibility index (Phi) is 5.46. The van der Waals surface area contributed by atoms with Crippen LogP contribution in [0.2, 0.25) is 0 Å². The molecule has 0 amide bonds. The van der Waals surface area contributed by atoms with Gasteiger partial charge in [0.1, 0.15) is 17.7 Å². The minimum Gasteiger partial charge on any atom is -0.490 e. The smallest absolute Gasteiger partial charge is 0.490 e. The minimum atomic E-state index is -4.99. The molecule has 0 unspecified atom stereocenters. The number of ether oxygens (including phenoxy) is 2. The average Bonchev–Trinajstić information content (AvgIpc) is 2.66. The number of pyridine rings is 1. The van der Waals surface area contributed by atoms with Crippen LogP contribution in [0.5, 0.6) is 11.5 Å². The molecule has 1 aliphatic rings. The molecule has 0 saturated heterocycles. The number of nitrogens with one attached hydrogen (secondary N) is 1. The van der Waals surface area contributed by atoms with Gasteiger partial charge >= 0.3 is 6.36 Å². The highest BCUT2D eigenvalue weighted by molar-refractivity contribution is 5.84. The zero-order chi connectivity index (χ0) is 21.3. The first-order chi connectivity index (χ1) is 14.3. The predicted octanol–water partition coefficient (Wildman–Crippen LogP) is 5.11. The molecule has 9 heteroatoms. The van der Waals surface area contributed by atoms with Crippen LogP contribution in [0.25, 0.3) is 10.8 Å². The molecule has 3 aromatic rings. The van der Waals surface area contributed by atoms with E-state index in [-0.39, 0.29) is 23.7 Å². The first-order valence-corrected chi connectivity index (χ1v) is 9.25. The molecule has 0 spiro atoms. The van der Waals surface area contributed by atoms with E-state index in [0.717, 1.165) is 22.9 Å². The third-order valence-electron chi connectivity index (χ3n) is 4.97. The fourth-order valence-electron chi connectivity index (χ4n) is 3.41. The molecule has 0 aliphatic heterocycles. The summed E-state index contributed by atoms with van der Waals surface area (Å²) in [6.45, 7) is 0.324.